The molecule has 0 radical (unpaired) electrons. The molecular weight excluding hydrogens is 602 g/mol. The lowest BCUT2D eigenvalue weighted by molar-refractivity contribution is -0.213. The number of amides is 1. The molecule has 1 saturated carbocycles. The van der Waals surface area contributed by atoms with Crippen molar-refractivity contribution in [2.24, 2.45) is 0 Å². The molecule has 0 bridgehead atoms. The highest BCUT2D eigenvalue weighted by Crippen LogP contribution is 2.56. The van der Waals surface area contributed by atoms with E-state index in [-0.39, 0.29) is 22.6 Å². The summed E-state index contributed by atoms with van der Waals surface area (Å²) in [6, 6.07) is 5.45. The molecule has 1 fully saturated rings. The van der Waals surface area contributed by atoms with Gasteiger partial charge in [0.15, 0.2) is 27.1 Å². The van der Waals surface area contributed by atoms with Gasteiger partial charge in [-0.05, 0) is 62.1 Å². The zero-order valence-electron chi connectivity index (χ0n) is 22.0. The average Bonchev–Trinajstić information content (AvgIpc) is 2.82. The molecule has 1 aliphatic carbocycles. The zero-order valence-corrected chi connectivity index (χ0v) is 22.8. The monoisotopic (exact) mass is 623 g/mol. The molecule has 1 N–H and O–H groups in total. The van der Waals surface area contributed by atoms with Gasteiger partial charge in [0.25, 0.3) is 11.8 Å². The number of aryl methyl sites for hydroxylation is 1. The number of alkyl halides is 6. The van der Waals surface area contributed by atoms with E-state index < -0.39 is 92.0 Å². The van der Waals surface area contributed by atoms with Gasteiger partial charge in [-0.1, -0.05) is 12.5 Å². The first-order valence-corrected chi connectivity index (χ1v) is 14.0. The van der Waals surface area contributed by atoms with Gasteiger partial charge in [-0.25, -0.2) is 12.8 Å². The molecule has 2 aromatic carbocycles. The Kier molecular flexibility index (Phi) is 7.76. The van der Waals surface area contributed by atoms with Crippen molar-refractivity contribution in [3.63, 3.8) is 0 Å². The second-order valence-electron chi connectivity index (χ2n) is 9.84. The van der Waals surface area contributed by atoms with Crippen molar-refractivity contribution in [1.82, 2.24) is 10.2 Å². The molecule has 16 heteroatoms. The molecule has 226 valence electrons. The van der Waals surface area contributed by atoms with Gasteiger partial charge < -0.3 is 10.1 Å². The Labute approximate surface area is 233 Å². The Morgan fingerprint density at radius 2 is 1.64 bits per heavy atom. The Morgan fingerprint density at radius 1 is 1.00 bits per heavy atom. The van der Waals surface area contributed by atoms with Gasteiger partial charge in [-0.15, -0.1) is 10.2 Å². The minimum absolute atomic E-state index is 0.129. The molecule has 3 aromatic rings. The number of hydrogen-bond acceptors (Lipinski definition) is 6. The van der Waals surface area contributed by atoms with Crippen LogP contribution in [0.4, 0.5) is 40.8 Å². The van der Waals surface area contributed by atoms with Crippen LogP contribution in [-0.4, -0.2) is 37.0 Å². The maximum absolute atomic E-state index is 15.2. The number of nitrogens with zero attached hydrogens (tertiary/aromatic N) is 2. The summed E-state index contributed by atoms with van der Waals surface area (Å²) >= 11 is 0. The number of halogens is 8. The van der Waals surface area contributed by atoms with Gasteiger partial charge in [-0.2, -0.15) is 30.7 Å². The summed E-state index contributed by atoms with van der Waals surface area (Å²) in [5.74, 6) is -7.08. The number of hydrogen-bond donors (Lipinski definition) is 1. The molecule has 0 atom stereocenters. The normalized spacial score (nSPS) is 15.2. The van der Waals surface area contributed by atoms with Crippen molar-refractivity contribution in [2.45, 2.75) is 55.8 Å². The summed E-state index contributed by atoms with van der Waals surface area (Å²) in [5.41, 5.74) is -7.43. The predicted octanol–water partition coefficient (Wildman–Crippen LogP) is 6.82. The topological polar surface area (TPSA) is 98.2 Å². The molecule has 4 rings (SSSR count). The number of ether oxygens (including phenoxy) is 1. The number of benzene rings is 2. The van der Waals surface area contributed by atoms with E-state index in [9.17, 15) is 39.6 Å². The third kappa shape index (κ3) is 5.51. The second kappa shape index (κ2) is 10.5. The molecule has 1 heterocycles. The zero-order chi connectivity index (χ0) is 31.4. The van der Waals surface area contributed by atoms with Crippen molar-refractivity contribution in [1.29, 1.82) is 0 Å². The van der Waals surface area contributed by atoms with Crippen LogP contribution in [0.25, 0.3) is 0 Å². The van der Waals surface area contributed by atoms with Crippen LogP contribution >= 0.6 is 0 Å². The van der Waals surface area contributed by atoms with E-state index in [1.54, 1.807) is 0 Å². The highest BCUT2D eigenvalue weighted by Gasteiger charge is 2.60. The van der Waals surface area contributed by atoms with E-state index >= 15 is 8.78 Å². The highest BCUT2D eigenvalue weighted by molar-refractivity contribution is 7.90. The van der Waals surface area contributed by atoms with E-state index in [1.165, 1.54) is 18.2 Å². The van der Waals surface area contributed by atoms with Gasteiger partial charge in [0.05, 0.1) is 10.3 Å². The number of aromatic nitrogens is 2. The second-order valence-corrected chi connectivity index (χ2v) is 11.9. The van der Waals surface area contributed by atoms with Crippen LogP contribution in [0.15, 0.2) is 35.2 Å². The molecule has 0 unspecified atom stereocenters. The first-order valence-electron chi connectivity index (χ1n) is 12.1. The van der Waals surface area contributed by atoms with E-state index in [4.69, 9.17) is 4.74 Å². The average molecular weight is 624 g/mol. The van der Waals surface area contributed by atoms with Crippen molar-refractivity contribution >= 4 is 21.4 Å². The first kappa shape index (κ1) is 31.1. The van der Waals surface area contributed by atoms with Gasteiger partial charge in [0.2, 0.25) is 5.82 Å². The molecule has 7 nitrogen and oxygen atoms in total. The Bertz CT molecular complexity index is 1680. The highest BCUT2D eigenvalue weighted by atomic mass is 32.2. The molecule has 1 aromatic heterocycles. The minimum atomic E-state index is -5.11. The van der Waals surface area contributed by atoms with Crippen LogP contribution in [0.3, 0.4) is 0 Å². The lowest BCUT2D eigenvalue weighted by Crippen LogP contribution is -2.48. The Morgan fingerprint density at radius 3 is 2.17 bits per heavy atom. The third-order valence-corrected chi connectivity index (χ3v) is 8.12. The minimum Gasteiger partial charge on any atom is -0.433 e. The largest absolute Gasteiger partial charge is 0.435 e. The Balaban J connectivity index is 1.81. The standard InChI is InChI=1S/C26H21F8N3O4S/c1-12-10-16(24(8-5-9-24)26(32,33)34)18(27)19(28)20(12)41-23-17(13(2)21(36-37-23)25(29,30)31)22(38)35-14-6-4-7-15(11-14)42(3,39)40/h4,6-7,10-11H,5,8-9H2,1-3H3,(H,35,38). The van der Waals surface area contributed by atoms with Gasteiger partial charge in [0.1, 0.15) is 5.56 Å². The molecule has 1 amide bonds. The van der Waals surface area contributed by atoms with Crippen molar-refractivity contribution in [3.05, 3.63) is 69.9 Å². The fourth-order valence-corrected chi connectivity index (χ4v) is 5.31. The van der Waals surface area contributed by atoms with Crippen molar-refractivity contribution in [2.75, 3.05) is 11.6 Å². The van der Waals surface area contributed by atoms with Crippen molar-refractivity contribution in [3.8, 4) is 11.6 Å². The van der Waals surface area contributed by atoms with E-state index in [1.807, 2.05) is 0 Å². The maximum Gasteiger partial charge on any atom is 0.435 e. The van der Waals surface area contributed by atoms with E-state index in [0.717, 1.165) is 32.2 Å². The molecule has 42 heavy (non-hydrogen) atoms. The number of sulfone groups is 1. The van der Waals surface area contributed by atoms with Crippen LogP contribution in [0, 0.1) is 25.5 Å². The van der Waals surface area contributed by atoms with E-state index in [2.05, 4.69) is 15.5 Å². The van der Waals surface area contributed by atoms with Crippen molar-refractivity contribution < 1.29 is 53.1 Å². The lowest BCUT2D eigenvalue weighted by atomic mass is 9.63. The molecule has 1 aliphatic rings. The summed E-state index contributed by atoms with van der Waals surface area (Å²) in [6.45, 7) is 1.92. The SMILES string of the molecule is Cc1cc(C2(C(F)(F)F)CCC2)c(F)c(F)c1Oc1nnc(C(F)(F)F)c(C)c1C(=O)Nc1cccc(S(C)(=O)=O)c1. The first-order chi connectivity index (χ1) is 19.3. The van der Waals surface area contributed by atoms with Gasteiger partial charge >= 0.3 is 12.4 Å². The quantitative estimate of drug-likeness (QED) is 0.303. The molecule has 0 saturated heterocycles. The van der Waals surface area contributed by atoms with Crippen LogP contribution < -0.4 is 10.1 Å². The van der Waals surface area contributed by atoms with Gasteiger partial charge in [-0.3, -0.25) is 4.79 Å². The number of nitrogens with one attached hydrogen (secondary N) is 1. The maximum atomic E-state index is 15.2. The number of anilines is 1. The smallest absolute Gasteiger partial charge is 0.433 e. The fourth-order valence-electron chi connectivity index (χ4n) is 4.65. The molecular formula is C26H21F8N3O4S. The fraction of sp³-hybridized carbons (Fsp3) is 0.346. The van der Waals surface area contributed by atoms with Crippen LogP contribution in [-0.2, 0) is 21.4 Å². The number of rotatable bonds is 6. The predicted molar refractivity (Wildman–Crippen MR) is 132 cm³/mol. The van der Waals surface area contributed by atoms with Gasteiger partial charge in [0, 0.05) is 17.5 Å². The van der Waals surface area contributed by atoms with Crippen LogP contribution in [0.5, 0.6) is 11.6 Å². The molecule has 0 spiro atoms. The summed E-state index contributed by atoms with van der Waals surface area (Å²) in [5, 5.41) is 8.47. The molecule has 0 aliphatic heterocycles. The lowest BCUT2D eigenvalue weighted by Gasteiger charge is -2.43. The van der Waals surface area contributed by atoms with Crippen LogP contribution in [0.1, 0.15) is 52.0 Å². The van der Waals surface area contributed by atoms with E-state index in [0.29, 0.717) is 0 Å². The summed E-state index contributed by atoms with van der Waals surface area (Å²) < 4.78 is 142. The number of carbonyl (C=O) groups excluding carboxylic acids is 1. The summed E-state index contributed by atoms with van der Waals surface area (Å²) in [6.07, 6.45) is -9.92. The summed E-state index contributed by atoms with van der Waals surface area (Å²) in [4.78, 5) is 13.0. The third-order valence-electron chi connectivity index (χ3n) is 7.01. The Hall–Kier alpha value is -3.82. The number of carbonyl (C=O) groups is 1. The van der Waals surface area contributed by atoms with Crippen LogP contribution in [0.2, 0.25) is 0 Å². The summed E-state index contributed by atoms with van der Waals surface area (Å²) in [7, 11) is -3.74.